The number of benzene rings is 5. The van der Waals surface area contributed by atoms with Crippen molar-refractivity contribution >= 4 is 141 Å². The molecule has 0 saturated carbocycles. The van der Waals surface area contributed by atoms with Crippen LogP contribution in [0.1, 0.15) is 113 Å². The average molecular weight is 957 g/mol. The van der Waals surface area contributed by atoms with E-state index in [9.17, 15) is 21.0 Å². The zero-order chi connectivity index (χ0) is 46.5. The second-order valence-corrected chi connectivity index (χ2v) is 21.8. The van der Waals surface area contributed by atoms with Crippen LogP contribution in [0.3, 0.4) is 0 Å². The molecule has 10 heteroatoms. The van der Waals surface area contributed by atoms with E-state index in [1.54, 1.807) is 45.3 Å². The van der Waals surface area contributed by atoms with Crippen molar-refractivity contribution < 1.29 is 0 Å². The molecule has 4 aromatic heterocycles. The number of hydrogen-bond acceptors (Lipinski definition) is 10. The number of anilines is 4. The van der Waals surface area contributed by atoms with Crippen molar-refractivity contribution in [1.29, 1.82) is 21.0 Å². The Morgan fingerprint density at radius 3 is 1.01 bits per heavy atom. The highest BCUT2D eigenvalue weighted by molar-refractivity contribution is 7.21. The highest BCUT2D eigenvalue weighted by Gasteiger charge is 2.36. The summed E-state index contributed by atoms with van der Waals surface area (Å²) in [6.45, 7) is 5.95. The van der Waals surface area contributed by atoms with Gasteiger partial charge in [-0.25, -0.2) is 0 Å². The molecule has 0 saturated heterocycles. The number of unbranched alkanes of at least 4 members (excludes halogenated alkanes) is 10. The lowest BCUT2D eigenvalue weighted by Gasteiger charge is -2.40. The van der Waals surface area contributed by atoms with Crippen molar-refractivity contribution in [3.05, 3.63) is 116 Å². The Hall–Kier alpha value is -6.50. The Bertz CT molecular complexity index is 3470. The van der Waals surface area contributed by atoms with Crippen LogP contribution in [0.25, 0.3) is 73.0 Å². The van der Waals surface area contributed by atoms with Crippen LogP contribution in [-0.4, -0.2) is 13.1 Å². The van der Waals surface area contributed by atoms with Crippen LogP contribution >= 0.6 is 45.3 Å². The van der Waals surface area contributed by atoms with Crippen LogP contribution < -0.4 is 9.80 Å². The van der Waals surface area contributed by atoms with Gasteiger partial charge in [0.2, 0.25) is 0 Å². The molecule has 0 spiro atoms. The molecule has 5 aromatic carbocycles. The predicted molar refractivity (Wildman–Crippen MR) is 291 cm³/mol. The molecule has 68 heavy (non-hydrogen) atoms. The number of hydrogen-bond donors (Lipinski definition) is 0. The molecule has 11 rings (SSSR count). The first-order chi connectivity index (χ1) is 33.5. The lowest BCUT2D eigenvalue weighted by molar-refractivity contribution is 0.608. The number of nitrogens with zero attached hydrogens (tertiary/aromatic N) is 6. The van der Waals surface area contributed by atoms with Crippen LogP contribution in [0.4, 0.5) is 22.7 Å². The molecule has 0 fully saturated rings. The van der Waals surface area contributed by atoms with Crippen molar-refractivity contribution in [3.8, 4) is 24.3 Å². The standard InChI is InChI=1S/C58H48N6S4/c1-3-5-7-9-11-13-19-63-49-27-43-41(55-37(15-21-65-55)39-17-23-67-57(39)43)25-45(49)53(35(31-59)32-60)47-30-52-48(29-51(47)63)54(36(33-61)34-62)46-26-42-44(28-50(46)64(52)20-14-12-10-8-6-4-2)58-40(18-24-68-58)38-16-22-66-56(38)42/h15-18,21-30H,3-14,19-20H2,1-2H3. The van der Waals surface area contributed by atoms with E-state index in [2.05, 4.69) is 130 Å². The van der Waals surface area contributed by atoms with Gasteiger partial charge in [0, 0.05) is 131 Å². The smallest absolute Gasteiger partial charge is 0.138 e. The number of nitriles is 4. The van der Waals surface area contributed by atoms with Crippen molar-refractivity contribution in [2.24, 2.45) is 0 Å². The second kappa shape index (κ2) is 18.5. The number of rotatable bonds is 14. The lowest BCUT2D eigenvalue weighted by Crippen LogP contribution is -2.28. The van der Waals surface area contributed by atoms with Crippen LogP contribution in [0, 0.1) is 45.3 Å². The normalized spacial score (nSPS) is 12.9. The molecule has 6 heterocycles. The molecular weight excluding hydrogens is 909 g/mol. The Kier molecular flexibility index (Phi) is 12.0. The first-order valence-electron chi connectivity index (χ1n) is 24.0. The highest BCUT2D eigenvalue weighted by Crippen LogP contribution is 2.57. The third kappa shape index (κ3) is 7.09. The summed E-state index contributed by atoms with van der Waals surface area (Å²) in [4.78, 5) is 4.84. The zero-order valence-electron chi connectivity index (χ0n) is 38.3. The van der Waals surface area contributed by atoms with E-state index in [1.807, 2.05) is 0 Å². The molecule has 0 aliphatic carbocycles. The van der Waals surface area contributed by atoms with E-state index in [1.165, 1.54) is 78.9 Å². The SMILES string of the molecule is CCCCCCCCN1c2cc3c(cc2C(=C(C#N)C#N)c2cc4c(cc21)c1sccc1c1ccsc14)N(CCCCCCCC)c1cc2c(cc1C3=C(C#N)C#N)c1sccc1c1ccsc12. The predicted octanol–water partition coefficient (Wildman–Crippen LogP) is 18.2. The average Bonchev–Trinajstić information content (AvgIpc) is 4.22. The molecule has 0 N–H and O–H groups in total. The van der Waals surface area contributed by atoms with Gasteiger partial charge in [0.1, 0.15) is 35.4 Å². The quantitative estimate of drug-likeness (QED) is 0.0795. The summed E-state index contributed by atoms with van der Waals surface area (Å²) in [6, 6.07) is 31.8. The number of fused-ring (bicyclic) bond motifs is 16. The fourth-order valence-electron chi connectivity index (χ4n) is 11.1. The maximum Gasteiger partial charge on any atom is 0.138 e. The maximum atomic E-state index is 10.9. The van der Waals surface area contributed by atoms with Crippen LogP contribution in [0.5, 0.6) is 0 Å². The number of thiophene rings is 4. The van der Waals surface area contributed by atoms with Gasteiger partial charge in [0.05, 0.1) is 0 Å². The summed E-state index contributed by atoms with van der Waals surface area (Å²) in [7, 11) is 0. The van der Waals surface area contributed by atoms with Crippen LogP contribution in [0.2, 0.25) is 0 Å². The Labute approximate surface area is 413 Å². The fourth-order valence-corrected chi connectivity index (χ4v) is 14.8. The van der Waals surface area contributed by atoms with Gasteiger partial charge in [0.15, 0.2) is 0 Å². The van der Waals surface area contributed by atoms with Gasteiger partial charge in [-0.2, -0.15) is 21.0 Å². The molecule has 0 unspecified atom stereocenters. The Morgan fingerprint density at radius 1 is 0.382 bits per heavy atom. The molecule has 0 bridgehead atoms. The van der Waals surface area contributed by atoms with Crippen molar-refractivity contribution in [1.82, 2.24) is 0 Å². The molecule has 9 aromatic rings. The monoisotopic (exact) mass is 956 g/mol. The van der Waals surface area contributed by atoms with E-state index < -0.39 is 0 Å². The summed E-state index contributed by atoms with van der Waals surface area (Å²) < 4.78 is 4.85. The van der Waals surface area contributed by atoms with E-state index in [4.69, 9.17) is 0 Å². The van der Waals surface area contributed by atoms with E-state index in [-0.39, 0.29) is 11.1 Å². The summed E-state index contributed by atoms with van der Waals surface area (Å²) in [6.07, 6.45) is 13.6. The summed E-state index contributed by atoms with van der Waals surface area (Å²) >= 11 is 6.97. The fraction of sp³-hybridized carbons (Fsp3) is 0.276. The van der Waals surface area contributed by atoms with E-state index in [0.29, 0.717) is 11.1 Å². The Morgan fingerprint density at radius 2 is 0.676 bits per heavy atom. The lowest BCUT2D eigenvalue weighted by atomic mass is 9.80. The number of allylic oxidation sites excluding steroid dienone is 2. The summed E-state index contributed by atoms with van der Waals surface area (Å²) in [5.74, 6) is 0. The summed E-state index contributed by atoms with van der Waals surface area (Å²) in [5, 5.41) is 61.8. The van der Waals surface area contributed by atoms with Crippen molar-refractivity contribution in [2.75, 3.05) is 22.9 Å². The Balaban J connectivity index is 1.20. The van der Waals surface area contributed by atoms with Crippen molar-refractivity contribution in [2.45, 2.75) is 90.9 Å². The zero-order valence-corrected chi connectivity index (χ0v) is 41.6. The maximum absolute atomic E-state index is 10.9. The van der Waals surface area contributed by atoms with Gasteiger partial charge < -0.3 is 9.80 Å². The molecule has 2 aliphatic rings. The second-order valence-electron chi connectivity index (χ2n) is 18.2. The van der Waals surface area contributed by atoms with Gasteiger partial charge in [0.25, 0.3) is 0 Å². The van der Waals surface area contributed by atoms with E-state index >= 15 is 0 Å². The topological polar surface area (TPSA) is 102 Å². The first kappa shape index (κ1) is 44.0. The van der Waals surface area contributed by atoms with Gasteiger partial charge >= 0.3 is 0 Å². The molecule has 0 atom stereocenters. The van der Waals surface area contributed by atoms with Gasteiger partial charge in [-0.15, -0.1) is 45.3 Å². The minimum Gasteiger partial charge on any atom is -0.340 e. The largest absolute Gasteiger partial charge is 0.340 e. The molecular formula is C58H48N6S4. The minimum absolute atomic E-state index is 0.0703. The molecule has 334 valence electrons. The molecule has 2 aliphatic heterocycles. The minimum atomic E-state index is 0.0703. The molecule has 0 amide bonds. The third-order valence-corrected chi connectivity index (χ3v) is 18.1. The molecule has 0 radical (unpaired) electrons. The van der Waals surface area contributed by atoms with E-state index in [0.717, 1.165) is 118 Å². The van der Waals surface area contributed by atoms with Crippen molar-refractivity contribution in [3.63, 3.8) is 0 Å². The highest BCUT2D eigenvalue weighted by atomic mass is 32.1. The molecule has 6 nitrogen and oxygen atoms in total. The first-order valence-corrected chi connectivity index (χ1v) is 27.6. The van der Waals surface area contributed by atoms with Crippen LogP contribution in [-0.2, 0) is 0 Å². The third-order valence-electron chi connectivity index (χ3n) is 14.3. The summed E-state index contributed by atoms with van der Waals surface area (Å²) in [5.41, 5.74) is 8.55. The van der Waals surface area contributed by atoms with Gasteiger partial charge in [-0.1, -0.05) is 78.1 Å². The van der Waals surface area contributed by atoms with Crippen LogP contribution in [0.15, 0.2) is 93.3 Å². The van der Waals surface area contributed by atoms with Gasteiger partial charge in [-0.3, -0.25) is 0 Å². The van der Waals surface area contributed by atoms with Gasteiger partial charge in [-0.05, 0) is 95.0 Å².